The lowest BCUT2D eigenvalue weighted by Crippen LogP contribution is -2.37. The number of rotatable bonds is 3. The Morgan fingerprint density at radius 3 is 2.40 bits per heavy atom. The minimum Gasteiger partial charge on any atom is -0.478 e. The van der Waals surface area contributed by atoms with Gasteiger partial charge in [0.2, 0.25) is 5.91 Å². The van der Waals surface area contributed by atoms with Crippen molar-refractivity contribution in [2.24, 2.45) is 5.92 Å². The number of thiocarbonyl (C=S) groups is 1. The fourth-order valence-corrected chi connectivity index (χ4v) is 3.45. The average molecular weight is 518 g/mol. The molecule has 0 atom stereocenters. The fraction of sp³-hybridized carbons (Fsp3) is 0.250. The van der Waals surface area contributed by atoms with Gasteiger partial charge in [-0.15, -0.1) is 0 Å². The van der Waals surface area contributed by atoms with Crippen LogP contribution < -0.4 is 10.6 Å². The third-order valence-electron chi connectivity index (χ3n) is 2.29. The lowest BCUT2D eigenvalue weighted by Gasteiger charge is -2.14. The summed E-state index contributed by atoms with van der Waals surface area (Å²) < 4.78 is 1.53. The number of hydrogen-bond acceptors (Lipinski definition) is 3. The molecule has 0 aromatic heterocycles. The van der Waals surface area contributed by atoms with Crippen molar-refractivity contribution in [3.8, 4) is 0 Å². The first kappa shape index (κ1) is 17.6. The quantitative estimate of drug-likeness (QED) is 0.424. The summed E-state index contributed by atoms with van der Waals surface area (Å²) in [6.45, 7) is 3.49. The standard InChI is InChI=1S/C12H12I2N2O3S/c1-5(2)10(17)16-12(20)15-9-7(11(18)19)3-6(13)4-8(9)14/h3-5H,1-2H3,(H,18,19)(H2,15,16,17,20). The molecule has 3 N–H and O–H groups in total. The predicted octanol–water partition coefficient (Wildman–Crippen LogP) is 3.06. The van der Waals surface area contributed by atoms with Gasteiger partial charge in [-0.3, -0.25) is 4.79 Å². The third-order valence-corrected chi connectivity index (χ3v) is 3.96. The summed E-state index contributed by atoms with van der Waals surface area (Å²) in [6, 6.07) is 3.36. The molecule has 0 bridgehead atoms. The number of nitrogens with one attached hydrogen (secondary N) is 2. The molecule has 5 nitrogen and oxygen atoms in total. The number of anilines is 1. The van der Waals surface area contributed by atoms with E-state index in [0.29, 0.717) is 9.26 Å². The molecule has 0 unspecified atom stereocenters. The number of carbonyl (C=O) groups is 2. The van der Waals surface area contributed by atoms with E-state index in [1.807, 2.05) is 51.2 Å². The molecular formula is C12H12I2N2O3S. The van der Waals surface area contributed by atoms with Gasteiger partial charge in [-0.05, 0) is 69.5 Å². The molecule has 0 saturated heterocycles. The monoisotopic (exact) mass is 518 g/mol. The molecule has 0 aliphatic carbocycles. The first-order chi connectivity index (χ1) is 9.22. The number of amides is 1. The lowest BCUT2D eigenvalue weighted by atomic mass is 10.2. The molecule has 1 rings (SSSR count). The summed E-state index contributed by atoms with van der Waals surface area (Å²) in [5.41, 5.74) is 0.495. The topological polar surface area (TPSA) is 78.4 Å². The maximum atomic E-state index is 11.5. The van der Waals surface area contributed by atoms with Crippen LogP contribution in [0.5, 0.6) is 0 Å². The third kappa shape index (κ3) is 4.81. The number of carboxylic acids is 1. The van der Waals surface area contributed by atoms with E-state index < -0.39 is 5.97 Å². The summed E-state index contributed by atoms with van der Waals surface area (Å²) in [4.78, 5) is 22.8. The normalized spacial score (nSPS) is 10.2. The summed E-state index contributed by atoms with van der Waals surface area (Å²) in [6.07, 6.45) is 0. The van der Waals surface area contributed by atoms with Gasteiger partial charge in [-0.25, -0.2) is 4.79 Å². The lowest BCUT2D eigenvalue weighted by molar-refractivity contribution is -0.122. The summed E-state index contributed by atoms with van der Waals surface area (Å²) in [5, 5.41) is 14.6. The number of carbonyl (C=O) groups excluding carboxylic acids is 1. The Morgan fingerprint density at radius 1 is 1.30 bits per heavy atom. The van der Waals surface area contributed by atoms with Crippen LogP contribution in [0.3, 0.4) is 0 Å². The Hall–Kier alpha value is -0.490. The second kappa shape index (κ2) is 7.50. The van der Waals surface area contributed by atoms with E-state index >= 15 is 0 Å². The van der Waals surface area contributed by atoms with Crippen molar-refractivity contribution >= 4 is 80.1 Å². The zero-order valence-corrected chi connectivity index (χ0v) is 15.8. The van der Waals surface area contributed by atoms with Crippen LogP contribution >= 0.6 is 57.4 Å². The Bertz CT molecular complexity index is 576. The summed E-state index contributed by atoms with van der Waals surface area (Å²) in [7, 11) is 0. The van der Waals surface area contributed by atoms with E-state index in [9.17, 15) is 14.7 Å². The zero-order valence-electron chi connectivity index (χ0n) is 10.7. The molecule has 0 saturated carbocycles. The molecular weight excluding hydrogens is 506 g/mol. The maximum absolute atomic E-state index is 11.5. The Labute approximate surface area is 149 Å². The number of carboxylic acid groups (broad SMARTS) is 1. The van der Waals surface area contributed by atoms with E-state index in [1.54, 1.807) is 19.9 Å². The van der Waals surface area contributed by atoms with E-state index in [4.69, 9.17) is 12.2 Å². The Kier molecular flexibility index (Phi) is 6.58. The van der Waals surface area contributed by atoms with Gasteiger partial charge in [0.15, 0.2) is 5.11 Å². The van der Waals surface area contributed by atoms with E-state index in [1.165, 1.54) is 0 Å². The van der Waals surface area contributed by atoms with Gasteiger partial charge in [0.1, 0.15) is 0 Å². The van der Waals surface area contributed by atoms with Gasteiger partial charge in [-0.1, -0.05) is 13.8 Å². The highest BCUT2D eigenvalue weighted by Crippen LogP contribution is 2.26. The highest BCUT2D eigenvalue weighted by Gasteiger charge is 2.17. The molecule has 0 radical (unpaired) electrons. The van der Waals surface area contributed by atoms with Gasteiger partial charge < -0.3 is 15.7 Å². The van der Waals surface area contributed by atoms with E-state index in [0.717, 1.165) is 3.57 Å². The van der Waals surface area contributed by atoms with Crippen molar-refractivity contribution in [2.75, 3.05) is 5.32 Å². The number of halogens is 2. The average Bonchev–Trinajstić information content (AvgIpc) is 2.31. The van der Waals surface area contributed by atoms with Gasteiger partial charge in [0, 0.05) is 13.1 Å². The van der Waals surface area contributed by atoms with Gasteiger partial charge in [-0.2, -0.15) is 0 Å². The Balaban J connectivity index is 3.00. The fourth-order valence-electron chi connectivity index (χ4n) is 1.27. The second-order valence-corrected chi connectivity index (χ2v) is 7.03. The van der Waals surface area contributed by atoms with Crippen molar-refractivity contribution in [3.63, 3.8) is 0 Å². The van der Waals surface area contributed by atoms with Crippen molar-refractivity contribution in [1.29, 1.82) is 0 Å². The number of hydrogen-bond donors (Lipinski definition) is 3. The molecule has 0 aliphatic rings. The minimum atomic E-state index is -1.05. The number of aromatic carboxylic acids is 1. The molecule has 0 heterocycles. The first-order valence-electron chi connectivity index (χ1n) is 5.56. The molecule has 108 valence electrons. The van der Waals surface area contributed by atoms with Crippen molar-refractivity contribution in [2.45, 2.75) is 13.8 Å². The molecule has 1 aromatic carbocycles. The van der Waals surface area contributed by atoms with Crippen LogP contribution in [-0.2, 0) is 4.79 Å². The minimum absolute atomic E-state index is 0.0883. The van der Waals surface area contributed by atoms with Crippen LogP contribution in [0.4, 0.5) is 5.69 Å². The molecule has 0 spiro atoms. The van der Waals surface area contributed by atoms with Crippen LogP contribution in [-0.4, -0.2) is 22.1 Å². The van der Waals surface area contributed by atoms with E-state index in [2.05, 4.69) is 10.6 Å². The van der Waals surface area contributed by atoms with Gasteiger partial charge in [0.05, 0.1) is 11.3 Å². The SMILES string of the molecule is CC(C)C(=O)NC(=S)Nc1c(I)cc(I)cc1C(=O)O. The smallest absolute Gasteiger partial charge is 0.337 e. The molecule has 1 aromatic rings. The molecule has 20 heavy (non-hydrogen) atoms. The highest BCUT2D eigenvalue weighted by molar-refractivity contribution is 14.1. The van der Waals surface area contributed by atoms with Gasteiger partial charge in [0.25, 0.3) is 0 Å². The van der Waals surface area contributed by atoms with Gasteiger partial charge >= 0.3 is 5.97 Å². The van der Waals surface area contributed by atoms with Crippen molar-refractivity contribution in [3.05, 3.63) is 24.8 Å². The summed E-state index contributed by atoms with van der Waals surface area (Å²) in [5.74, 6) is -1.48. The van der Waals surface area contributed by atoms with Crippen LogP contribution in [0.2, 0.25) is 0 Å². The highest BCUT2D eigenvalue weighted by atomic mass is 127. The van der Waals surface area contributed by atoms with Crippen molar-refractivity contribution in [1.82, 2.24) is 5.32 Å². The first-order valence-corrected chi connectivity index (χ1v) is 8.13. The van der Waals surface area contributed by atoms with E-state index in [-0.39, 0.29) is 22.5 Å². The molecule has 8 heteroatoms. The second-order valence-electron chi connectivity index (χ2n) is 4.21. The van der Waals surface area contributed by atoms with Crippen LogP contribution in [0.1, 0.15) is 24.2 Å². The summed E-state index contributed by atoms with van der Waals surface area (Å²) >= 11 is 9.10. The van der Waals surface area contributed by atoms with Crippen LogP contribution in [0.25, 0.3) is 0 Å². The predicted molar refractivity (Wildman–Crippen MR) is 98.0 cm³/mol. The molecule has 0 aliphatic heterocycles. The molecule has 0 fully saturated rings. The Morgan fingerprint density at radius 2 is 1.90 bits per heavy atom. The van der Waals surface area contributed by atoms with Crippen molar-refractivity contribution < 1.29 is 14.7 Å². The maximum Gasteiger partial charge on any atom is 0.337 e. The molecule has 1 amide bonds. The largest absolute Gasteiger partial charge is 0.478 e. The number of benzene rings is 1. The zero-order chi connectivity index (χ0) is 15.4. The van der Waals surface area contributed by atoms with Crippen LogP contribution in [0, 0.1) is 13.1 Å². The van der Waals surface area contributed by atoms with Crippen LogP contribution in [0.15, 0.2) is 12.1 Å².